The number of aliphatic imine (C=N–C) groups is 1. The summed E-state index contributed by atoms with van der Waals surface area (Å²) in [7, 11) is 3.55. The number of carbonyl (C=O) groups is 1. The standard InChI is InChI=1S/C19H34N4O2.HI/c1-23(2)18(24)13-20-19(21-16-8-10-25-11-9-16)22-17-7-6-14-4-3-5-15(14)12-17;/h14-17H,3-13H2,1-2H3,(H2,20,21,22);1H. The lowest BCUT2D eigenvalue weighted by molar-refractivity contribution is -0.127. The maximum Gasteiger partial charge on any atom is 0.243 e. The smallest absolute Gasteiger partial charge is 0.243 e. The molecule has 3 aliphatic rings. The second-order valence-corrected chi connectivity index (χ2v) is 8.09. The predicted molar refractivity (Wildman–Crippen MR) is 115 cm³/mol. The summed E-state index contributed by atoms with van der Waals surface area (Å²) in [6.45, 7) is 1.80. The van der Waals surface area contributed by atoms with E-state index in [2.05, 4.69) is 15.6 Å². The third kappa shape index (κ3) is 6.25. The van der Waals surface area contributed by atoms with E-state index in [0.717, 1.165) is 43.9 Å². The van der Waals surface area contributed by atoms with E-state index in [-0.39, 0.29) is 36.4 Å². The highest BCUT2D eigenvalue weighted by Crippen LogP contribution is 2.42. The Balaban J connectivity index is 0.00000243. The molecule has 1 aliphatic heterocycles. The number of likely N-dealkylation sites (N-methyl/N-ethyl adjacent to an activating group) is 1. The number of ether oxygens (including phenoxy) is 1. The zero-order chi connectivity index (χ0) is 17.6. The molecule has 6 nitrogen and oxygen atoms in total. The van der Waals surface area contributed by atoms with Gasteiger partial charge in [0, 0.05) is 39.4 Å². The fourth-order valence-corrected chi connectivity index (χ4v) is 4.48. The Kier molecular flexibility index (Phi) is 8.93. The number of carbonyl (C=O) groups excluding carboxylic acids is 1. The van der Waals surface area contributed by atoms with Gasteiger partial charge in [-0.2, -0.15) is 0 Å². The summed E-state index contributed by atoms with van der Waals surface area (Å²) in [5, 5.41) is 7.18. The number of nitrogens with zero attached hydrogens (tertiary/aromatic N) is 2. The minimum atomic E-state index is 0. The minimum Gasteiger partial charge on any atom is -0.381 e. The molecule has 1 heterocycles. The molecule has 2 aliphatic carbocycles. The van der Waals surface area contributed by atoms with Crippen molar-refractivity contribution in [2.45, 2.75) is 63.5 Å². The van der Waals surface area contributed by atoms with Gasteiger partial charge >= 0.3 is 0 Å². The van der Waals surface area contributed by atoms with E-state index in [4.69, 9.17) is 4.74 Å². The number of nitrogens with one attached hydrogen (secondary N) is 2. The van der Waals surface area contributed by atoms with Crippen LogP contribution in [0.25, 0.3) is 0 Å². The van der Waals surface area contributed by atoms with Gasteiger partial charge in [-0.15, -0.1) is 24.0 Å². The summed E-state index contributed by atoms with van der Waals surface area (Å²) < 4.78 is 5.45. The first kappa shape index (κ1) is 21.7. The summed E-state index contributed by atoms with van der Waals surface area (Å²) in [4.78, 5) is 18.1. The maximum atomic E-state index is 11.9. The number of fused-ring (bicyclic) bond motifs is 1. The number of hydrogen-bond donors (Lipinski definition) is 2. The summed E-state index contributed by atoms with van der Waals surface area (Å²) in [6, 6.07) is 0.872. The first-order chi connectivity index (χ1) is 12.1. The normalized spacial score (nSPS) is 29.5. The van der Waals surface area contributed by atoms with Crippen molar-refractivity contribution in [2.24, 2.45) is 16.8 Å². The van der Waals surface area contributed by atoms with Crippen LogP contribution in [0.2, 0.25) is 0 Å². The molecule has 150 valence electrons. The number of hydrogen-bond acceptors (Lipinski definition) is 3. The van der Waals surface area contributed by atoms with Crippen molar-refractivity contribution < 1.29 is 9.53 Å². The fourth-order valence-electron chi connectivity index (χ4n) is 4.48. The van der Waals surface area contributed by atoms with Crippen molar-refractivity contribution >= 4 is 35.8 Å². The van der Waals surface area contributed by atoms with Crippen LogP contribution in [-0.4, -0.2) is 62.7 Å². The van der Waals surface area contributed by atoms with Gasteiger partial charge in [0.05, 0.1) is 0 Å². The second kappa shape index (κ2) is 10.7. The van der Waals surface area contributed by atoms with Crippen molar-refractivity contribution in [2.75, 3.05) is 33.9 Å². The van der Waals surface area contributed by atoms with Crippen molar-refractivity contribution in [3.63, 3.8) is 0 Å². The predicted octanol–water partition coefficient (Wildman–Crippen LogP) is 2.38. The van der Waals surface area contributed by atoms with Crippen LogP contribution in [0.1, 0.15) is 51.4 Å². The van der Waals surface area contributed by atoms with E-state index in [0.29, 0.717) is 12.1 Å². The molecule has 3 fully saturated rings. The Hall–Kier alpha value is -0.570. The number of amides is 1. The molecule has 0 spiro atoms. The van der Waals surface area contributed by atoms with Gasteiger partial charge in [-0.05, 0) is 43.9 Å². The Morgan fingerprint density at radius 3 is 2.42 bits per heavy atom. The zero-order valence-corrected chi connectivity index (χ0v) is 18.5. The lowest BCUT2D eigenvalue weighted by Crippen LogP contribution is -2.50. The van der Waals surface area contributed by atoms with Crippen LogP contribution >= 0.6 is 24.0 Å². The number of guanidine groups is 1. The van der Waals surface area contributed by atoms with Crippen molar-refractivity contribution in [3.8, 4) is 0 Å². The van der Waals surface area contributed by atoms with E-state index in [1.165, 1.54) is 38.5 Å². The average molecular weight is 478 g/mol. The quantitative estimate of drug-likeness (QED) is 0.370. The molecule has 0 radical (unpaired) electrons. The molecule has 0 aromatic carbocycles. The van der Waals surface area contributed by atoms with Gasteiger partial charge in [0.15, 0.2) is 5.96 Å². The molecule has 0 bridgehead atoms. The summed E-state index contributed by atoms with van der Waals surface area (Å²) in [6.07, 6.45) is 10.0. The molecular formula is C19H35IN4O2. The lowest BCUT2D eigenvalue weighted by atomic mass is 9.79. The molecule has 1 saturated heterocycles. The largest absolute Gasteiger partial charge is 0.381 e. The van der Waals surface area contributed by atoms with Crippen LogP contribution in [0.15, 0.2) is 4.99 Å². The van der Waals surface area contributed by atoms with Crippen LogP contribution in [-0.2, 0) is 9.53 Å². The molecule has 0 aromatic rings. The van der Waals surface area contributed by atoms with Gasteiger partial charge in [-0.25, -0.2) is 4.99 Å². The highest BCUT2D eigenvalue weighted by Gasteiger charge is 2.34. The molecule has 26 heavy (non-hydrogen) atoms. The van der Waals surface area contributed by atoms with E-state index in [1.807, 2.05) is 0 Å². The van der Waals surface area contributed by atoms with E-state index >= 15 is 0 Å². The van der Waals surface area contributed by atoms with Crippen molar-refractivity contribution in [1.29, 1.82) is 0 Å². The number of halogens is 1. The molecule has 3 rings (SSSR count). The number of rotatable bonds is 4. The fraction of sp³-hybridized carbons (Fsp3) is 0.895. The summed E-state index contributed by atoms with van der Waals surface area (Å²) in [5.74, 6) is 2.69. The van der Waals surface area contributed by atoms with Gasteiger partial charge in [-0.3, -0.25) is 4.79 Å². The van der Waals surface area contributed by atoms with Crippen LogP contribution in [0.5, 0.6) is 0 Å². The van der Waals surface area contributed by atoms with Crippen LogP contribution in [0, 0.1) is 11.8 Å². The Morgan fingerprint density at radius 2 is 1.69 bits per heavy atom. The molecule has 3 atom stereocenters. The lowest BCUT2D eigenvalue weighted by Gasteiger charge is -2.34. The van der Waals surface area contributed by atoms with Crippen LogP contribution in [0.4, 0.5) is 0 Å². The molecule has 0 aromatic heterocycles. The van der Waals surface area contributed by atoms with Gasteiger partial charge in [0.1, 0.15) is 6.54 Å². The topological polar surface area (TPSA) is 66.0 Å². The summed E-state index contributed by atoms with van der Waals surface area (Å²) >= 11 is 0. The van der Waals surface area contributed by atoms with Gasteiger partial charge in [0.2, 0.25) is 5.91 Å². The molecule has 7 heteroatoms. The minimum absolute atomic E-state index is 0. The van der Waals surface area contributed by atoms with Crippen LogP contribution in [0.3, 0.4) is 0 Å². The molecule has 2 N–H and O–H groups in total. The van der Waals surface area contributed by atoms with E-state index < -0.39 is 0 Å². The molecule has 2 saturated carbocycles. The first-order valence-electron chi connectivity index (χ1n) is 9.97. The maximum absolute atomic E-state index is 11.9. The first-order valence-corrected chi connectivity index (χ1v) is 9.97. The van der Waals surface area contributed by atoms with Crippen LogP contribution < -0.4 is 10.6 Å². The second-order valence-electron chi connectivity index (χ2n) is 8.09. The Morgan fingerprint density at radius 1 is 1.00 bits per heavy atom. The summed E-state index contributed by atoms with van der Waals surface area (Å²) in [5.41, 5.74) is 0. The SMILES string of the molecule is CN(C)C(=O)CN=C(NC1CCOCC1)NC1CCC2CCCC2C1.I. The Labute approximate surface area is 174 Å². The zero-order valence-electron chi connectivity index (χ0n) is 16.2. The highest BCUT2D eigenvalue weighted by atomic mass is 127. The highest BCUT2D eigenvalue weighted by molar-refractivity contribution is 14.0. The Bertz CT molecular complexity index is 480. The van der Waals surface area contributed by atoms with Gasteiger partial charge < -0.3 is 20.3 Å². The van der Waals surface area contributed by atoms with E-state index in [1.54, 1.807) is 19.0 Å². The molecule has 3 unspecified atom stereocenters. The monoisotopic (exact) mass is 478 g/mol. The van der Waals surface area contributed by atoms with E-state index in [9.17, 15) is 4.79 Å². The molecule has 1 amide bonds. The van der Waals surface area contributed by atoms with Crippen molar-refractivity contribution in [1.82, 2.24) is 15.5 Å². The third-order valence-corrected chi connectivity index (χ3v) is 6.06. The molecular weight excluding hydrogens is 443 g/mol. The third-order valence-electron chi connectivity index (χ3n) is 6.06. The van der Waals surface area contributed by atoms with Gasteiger partial charge in [0.25, 0.3) is 0 Å². The average Bonchev–Trinajstić information content (AvgIpc) is 3.08. The van der Waals surface area contributed by atoms with Gasteiger partial charge in [-0.1, -0.05) is 19.3 Å². The van der Waals surface area contributed by atoms with Crippen molar-refractivity contribution in [3.05, 3.63) is 0 Å².